The molecular formula is C17H25NO7. The summed E-state index contributed by atoms with van der Waals surface area (Å²) in [7, 11) is 1.54. The maximum Gasteiger partial charge on any atom is 0.150 e. The summed E-state index contributed by atoms with van der Waals surface area (Å²) in [5.74, 6) is 0.525. The predicted molar refractivity (Wildman–Crippen MR) is 90.1 cm³/mol. The van der Waals surface area contributed by atoms with Gasteiger partial charge in [0.15, 0.2) is 0 Å². The molecule has 8 heteroatoms. The summed E-state index contributed by atoms with van der Waals surface area (Å²) in [6.45, 7) is 3.92. The fraction of sp³-hybridized carbons (Fsp3) is 0.588. The van der Waals surface area contributed by atoms with Crippen molar-refractivity contribution < 1.29 is 33.3 Å². The molecule has 1 heterocycles. The van der Waals surface area contributed by atoms with Crippen LogP contribution in [0.1, 0.15) is 10.4 Å². The van der Waals surface area contributed by atoms with Crippen LogP contribution in [0.15, 0.2) is 18.2 Å². The highest BCUT2D eigenvalue weighted by Gasteiger charge is 2.14. The quantitative estimate of drug-likeness (QED) is 0.751. The van der Waals surface area contributed by atoms with Crippen LogP contribution in [0.25, 0.3) is 0 Å². The third-order valence-electron chi connectivity index (χ3n) is 3.41. The molecule has 0 unspecified atom stereocenters. The van der Waals surface area contributed by atoms with Crippen molar-refractivity contribution in [1.29, 1.82) is 0 Å². The van der Waals surface area contributed by atoms with E-state index in [4.69, 9.17) is 28.5 Å². The Morgan fingerprint density at radius 1 is 0.920 bits per heavy atom. The van der Waals surface area contributed by atoms with Gasteiger partial charge in [0.05, 0.1) is 60.0 Å². The standard InChI is InChI=1S/C17H25NO7/c1-20-17-12-15(13-19)2-3-16(17)18-14-24-9-8-22-5-4-21-6-7-23-10-11-25-18/h2-3,12-13H,4-11,14H2,1H3. The average Bonchev–Trinajstić information content (AvgIpc) is 2.66. The molecule has 1 aromatic rings. The van der Waals surface area contributed by atoms with Gasteiger partial charge < -0.3 is 23.7 Å². The fourth-order valence-corrected chi connectivity index (χ4v) is 2.16. The molecule has 2 rings (SSSR count). The second kappa shape index (κ2) is 11.8. The normalized spacial score (nSPS) is 18.8. The molecule has 0 aliphatic carbocycles. The van der Waals surface area contributed by atoms with Crippen molar-refractivity contribution in [2.75, 3.05) is 71.8 Å². The second-order valence-corrected chi connectivity index (χ2v) is 5.14. The highest BCUT2D eigenvalue weighted by Crippen LogP contribution is 2.29. The topological polar surface area (TPSA) is 75.7 Å². The van der Waals surface area contributed by atoms with Gasteiger partial charge in [-0.15, -0.1) is 0 Å². The van der Waals surface area contributed by atoms with Gasteiger partial charge in [-0.3, -0.25) is 9.63 Å². The number of rotatable bonds is 3. The van der Waals surface area contributed by atoms with Crippen molar-refractivity contribution in [3.05, 3.63) is 23.8 Å². The van der Waals surface area contributed by atoms with E-state index >= 15 is 0 Å². The Bertz CT molecular complexity index is 496. The van der Waals surface area contributed by atoms with E-state index in [2.05, 4.69) is 0 Å². The fourth-order valence-electron chi connectivity index (χ4n) is 2.16. The first-order chi connectivity index (χ1) is 12.3. The second-order valence-electron chi connectivity index (χ2n) is 5.14. The lowest BCUT2D eigenvalue weighted by Crippen LogP contribution is -2.29. The number of hydrogen-bond donors (Lipinski definition) is 0. The predicted octanol–water partition coefficient (Wildman–Crippen LogP) is 1.28. The van der Waals surface area contributed by atoms with Gasteiger partial charge in [0.2, 0.25) is 0 Å². The van der Waals surface area contributed by atoms with Gasteiger partial charge >= 0.3 is 0 Å². The molecule has 0 saturated carbocycles. The number of carbonyl (C=O) groups is 1. The van der Waals surface area contributed by atoms with Crippen LogP contribution in [0.4, 0.5) is 5.69 Å². The number of benzene rings is 1. The minimum absolute atomic E-state index is 0.191. The molecule has 0 radical (unpaired) electrons. The zero-order valence-corrected chi connectivity index (χ0v) is 14.5. The number of anilines is 1. The summed E-state index contributed by atoms with van der Waals surface area (Å²) in [6, 6.07) is 5.10. The first-order valence-electron chi connectivity index (χ1n) is 8.20. The number of carbonyl (C=O) groups excluding carboxylic acids is 1. The number of hydroxylamine groups is 1. The van der Waals surface area contributed by atoms with Crippen molar-refractivity contribution >= 4 is 12.0 Å². The van der Waals surface area contributed by atoms with Gasteiger partial charge in [-0.05, 0) is 18.2 Å². The number of nitrogens with zero attached hydrogens (tertiary/aromatic N) is 1. The van der Waals surface area contributed by atoms with Gasteiger partial charge in [-0.2, -0.15) is 0 Å². The summed E-state index contributed by atoms with van der Waals surface area (Å²) < 4.78 is 27.2. The summed E-state index contributed by atoms with van der Waals surface area (Å²) >= 11 is 0. The smallest absolute Gasteiger partial charge is 0.150 e. The first-order valence-corrected chi connectivity index (χ1v) is 8.20. The molecule has 25 heavy (non-hydrogen) atoms. The molecule has 140 valence electrons. The van der Waals surface area contributed by atoms with Crippen molar-refractivity contribution in [3.8, 4) is 5.75 Å². The minimum Gasteiger partial charge on any atom is -0.494 e. The van der Waals surface area contributed by atoms with Crippen LogP contribution < -0.4 is 9.80 Å². The molecule has 1 aromatic carbocycles. The highest BCUT2D eigenvalue weighted by atomic mass is 16.7. The molecule has 0 spiro atoms. The van der Waals surface area contributed by atoms with E-state index in [1.165, 1.54) is 0 Å². The van der Waals surface area contributed by atoms with E-state index in [0.29, 0.717) is 69.9 Å². The van der Waals surface area contributed by atoms with E-state index in [-0.39, 0.29) is 6.73 Å². The zero-order valence-electron chi connectivity index (χ0n) is 14.5. The van der Waals surface area contributed by atoms with E-state index in [1.54, 1.807) is 30.4 Å². The number of aldehydes is 1. The molecule has 0 amide bonds. The van der Waals surface area contributed by atoms with Crippen LogP contribution in [0.5, 0.6) is 5.75 Å². The van der Waals surface area contributed by atoms with Crippen LogP contribution in [0, 0.1) is 0 Å². The summed E-state index contributed by atoms with van der Waals surface area (Å²) in [6.07, 6.45) is 0.767. The van der Waals surface area contributed by atoms with Crippen molar-refractivity contribution in [3.63, 3.8) is 0 Å². The van der Waals surface area contributed by atoms with Crippen LogP contribution >= 0.6 is 0 Å². The van der Waals surface area contributed by atoms with E-state index in [0.717, 1.165) is 6.29 Å². The Labute approximate surface area is 147 Å². The largest absolute Gasteiger partial charge is 0.494 e. The molecule has 1 aliphatic rings. The molecule has 8 nitrogen and oxygen atoms in total. The van der Waals surface area contributed by atoms with Gasteiger partial charge in [-0.1, -0.05) is 0 Å². The Hall–Kier alpha value is -1.71. The lowest BCUT2D eigenvalue weighted by atomic mass is 10.2. The molecule has 0 atom stereocenters. The maximum absolute atomic E-state index is 10.9. The summed E-state index contributed by atoms with van der Waals surface area (Å²) in [5, 5.41) is 1.58. The molecule has 0 N–H and O–H groups in total. The van der Waals surface area contributed by atoms with Gasteiger partial charge in [0.1, 0.15) is 24.5 Å². The Morgan fingerprint density at radius 3 is 2.12 bits per heavy atom. The van der Waals surface area contributed by atoms with Crippen molar-refractivity contribution in [2.24, 2.45) is 0 Å². The molecule has 1 fully saturated rings. The number of methoxy groups -OCH3 is 1. The highest BCUT2D eigenvalue weighted by molar-refractivity contribution is 5.78. The van der Waals surface area contributed by atoms with Crippen LogP contribution in [-0.4, -0.2) is 73.0 Å². The zero-order chi connectivity index (χ0) is 17.7. The third kappa shape index (κ3) is 6.97. The van der Waals surface area contributed by atoms with Crippen molar-refractivity contribution in [1.82, 2.24) is 0 Å². The van der Waals surface area contributed by atoms with E-state index < -0.39 is 0 Å². The van der Waals surface area contributed by atoms with Gasteiger partial charge in [-0.25, -0.2) is 5.06 Å². The lowest BCUT2D eigenvalue weighted by Gasteiger charge is -2.25. The van der Waals surface area contributed by atoms with E-state index in [1.807, 2.05) is 0 Å². The Morgan fingerprint density at radius 2 is 1.52 bits per heavy atom. The maximum atomic E-state index is 10.9. The minimum atomic E-state index is 0.191. The van der Waals surface area contributed by atoms with Gasteiger partial charge in [0.25, 0.3) is 0 Å². The van der Waals surface area contributed by atoms with Crippen molar-refractivity contribution in [2.45, 2.75) is 0 Å². The molecule has 0 bridgehead atoms. The Balaban J connectivity index is 2.02. The van der Waals surface area contributed by atoms with Gasteiger partial charge in [0, 0.05) is 5.56 Å². The monoisotopic (exact) mass is 355 g/mol. The summed E-state index contributed by atoms with van der Waals surface area (Å²) in [4.78, 5) is 16.7. The third-order valence-corrected chi connectivity index (χ3v) is 3.41. The van der Waals surface area contributed by atoms with Crippen LogP contribution in [-0.2, 0) is 23.8 Å². The summed E-state index contributed by atoms with van der Waals surface area (Å²) in [5.41, 5.74) is 1.19. The lowest BCUT2D eigenvalue weighted by molar-refractivity contribution is -0.0159. The molecular weight excluding hydrogens is 330 g/mol. The SMILES string of the molecule is COc1cc(C=O)ccc1N1COCCOCCOCCOCCO1. The molecule has 1 saturated heterocycles. The average molecular weight is 355 g/mol. The molecule has 1 aliphatic heterocycles. The van der Waals surface area contributed by atoms with Crippen LogP contribution in [0.3, 0.4) is 0 Å². The Kier molecular flexibility index (Phi) is 9.24. The van der Waals surface area contributed by atoms with E-state index in [9.17, 15) is 4.79 Å². The number of hydrogen-bond acceptors (Lipinski definition) is 8. The number of ether oxygens (including phenoxy) is 5. The molecule has 0 aromatic heterocycles. The first kappa shape index (κ1) is 19.6. The van der Waals surface area contributed by atoms with Crippen LogP contribution in [0.2, 0.25) is 0 Å².